The molecule has 0 heterocycles. The number of benzene rings is 1. The minimum absolute atomic E-state index is 0.0544. The van der Waals surface area contributed by atoms with Gasteiger partial charge in [-0.1, -0.05) is 19.4 Å². The van der Waals surface area contributed by atoms with Crippen LogP contribution in [0.5, 0.6) is 5.75 Å². The second-order valence-corrected chi connectivity index (χ2v) is 4.82. The number of amides is 1. The molecule has 0 aliphatic heterocycles. The number of hydrogen-bond donors (Lipinski definition) is 2. The smallest absolute Gasteiger partial charge is 0.258 e. The third-order valence-electron chi connectivity index (χ3n) is 3.16. The van der Waals surface area contributed by atoms with E-state index < -0.39 is 0 Å². The van der Waals surface area contributed by atoms with Crippen molar-refractivity contribution in [3.05, 3.63) is 24.3 Å². The zero-order valence-electron chi connectivity index (χ0n) is 10.7. The summed E-state index contributed by atoms with van der Waals surface area (Å²) in [6.45, 7) is 2.22. The van der Waals surface area contributed by atoms with E-state index in [0.717, 1.165) is 6.42 Å². The molecular weight excluding hydrogens is 228 g/mol. The Morgan fingerprint density at radius 2 is 2.39 bits per heavy atom. The van der Waals surface area contributed by atoms with E-state index in [-0.39, 0.29) is 12.5 Å². The quantitative estimate of drug-likeness (QED) is 0.756. The van der Waals surface area contributed by atoms with Crippen molar-refractivity contribution in [3.8, 4) is 5.75 Å². The van der Waals surface area contributed by atoms with Crippen LogP contribution in [0.1, 0.15) is 26.2 Å². The van der Waals surface area contributed by atoms with Crippen LogP contribution < -0.4 is 15.8 Å². The minimum atomic E-state index is -0.0546. The maximum Gasteiger partial charge on any atom is 0.258 e. The predicted octanol–water partition coefficient (Wildman–Crippen LogP) is 1.95. The number of carbonyl (C=O) groups is 1. The SMILES string of the molecule is CCCC1CC1NC(=O)COc1cccc(N)c1. The lowest BCUT2D eigenvalue weighted by Crippen LogP contribution is -2.31. The summed E-state index contributed by atoms with van der Waals surface area (Å²) in [5, 5.41) is 2.98. The highest BCUT2D eigenvalue weighted by Gasteiger charge is 2.36. The molecule has 2 atom stereocenters. The van der Waals surface area contributed by atoms with Crippen LogP contribution in [0, 0.1) is 5.92 Å². The fraction of sp³-hybridized carbons (Fsp3) is 0.500. The highest BCUT2D eigenvalue weighted by molar-refractivity contribution is 5.78. The summed E-state index contributed by atoms with van der Waals surface area (Å²) >= 11 is 0. The Labute approximate surface area is 108 Å². The van der Waals surface area contributed by atoms with E-state index in [9.17, 15) is 4.79 Å². The lowest BCUT2D eigenvalue weighted by Gasteiger charge is -2.07. The summed E-state index contributed by atoms with van der Waals surface area (Å²) in [6.07, 6.45) is 3.48. The van der Waals surface area contributed by atoms with Crippen LogP contribution in [0.2, 0.25) is 0 Å². The molecule has 0 aromatic heterocycles. The van der Waals surface area contributed by atoms with Crippen molar-refractivity contribution in [1.82, 2.24) is 5.32 Å². The Balaban J connectivity index is 1.69. The third-order valence-corrected chi connectivity index (χ3v) is 3.16. The summed E-state index contributed by atoms with van der Waals surface area (Å²) in [6, 6.07) is 7.46. The minimum Gasteiger partial charge on any atom is -0.484 e. The summed E-state index contributed by atoms with van der Waals surface area (Å²) in [5.74, 6) is 1.25. The van der Waals surface area contributed by atoms with Gasteiger partial charge in [0.1, 0.15) is 5.75 Å². The van der Waals surface area contributed by atoms with Crippen LogP contribution in [0.15, 0.2) is 24.3 Å². The van der Waals surface area contributed by atoms with Gasteiger partial charge in [-0.05, 0) is 30.9 Å². The van der Waals surface area contributed by atoms with Crippen LogP contribution in [-0.2, 0) is 4.79 Å². The molecule has 1 aromatic rings. The Hall–Kier alpha value is -1.71. The van der Waals surface area contributed by atoms with E-state index in [2.05, 4.69) is 12.2 Å². The topological polar surface area (TPSA) is 64.3 Å². The molecule has 98 valence electrons. The van der Waals surface area contributed by atoms with Crippen molar-refractivity contribution in [3.63, 3.8) is 0 Å². The van der Waals surface area contributed by atoms with Crippen molar-refractivity contribution < 1.29 is 9.53 Å². The second-order valence-electron chi connectivity index (χ2n) is 4.82. The van der Waals surface area contributed by atoms with Crippen LogP contribution in [0.4, 0.5) is 5.69 Å². The highest BCUT2D eigenvalue weighted by atomic mass is 16.5. The first-order valence-corrected chi connectivity index (χ1v) is 6.46. The lowest BCUT2D eigenvalue weighted by molar-refractivity contribution is -0.123. The van der Waals surface area contributed by atoms with Crippen molar-refractivity contribution in [2.75, 3.05) is 12.3 Å². The third kappa shape index (κ3) is 3.65. The summed E-state index contributed by atoms with van der Waals surface area (Å²) in [7, 11) is 0. The van der Waals surface area contributed by atoms with Crippen molar-refractivity contribution in [1.29, 1.82) is 0 Å². The zero-order chi connectivity index (χ0) is 13.0. The molecule has 0 radical (unpaired) electrons. The van der Waals surface area contributed by atoms with Crippen LogP contribution >= 0.6 is 0 Å². The molecule has 4 heteroatoms. The Bertz CT molecular complexity index is 420. The Kier molecular flexibility index (Phi) is 4.07. The highest BCUT2D eigenvalue weighted by Crippen LogP contribution is 2.34. The fourth-order valence-electron chi connectivity index (χ4n) is 2.12. The van der Waals surface area contributed by atoms with Gasteiger partial charge >= 0.3 is 0 Å². The van der Waals surface area contributed by atoms with Crippen molar-refractivity contribution in [2.45, 2.75) is 32.2 Å². The number of hydrogen-bond acceptors (Lipinski definition) is 3. The first kappa shape index (κ1) is 12.7. The molecule has 1 aliphatic rings. The molecule has 1 aromatic carbocycles. The van der Waals surface area contributed by atoms with Gasteiger partial charge in [0.2, 0.25) is 0 Å². The van der Waals surface area contributed by atoms with E-state index in [1.165, 1.54) is 12.8 Å². The van der Waals surface area contributed by atoms with Gasteiger partial charge in [-0.15, -0.1) is 0 Å². The number of nitrogens with two attached hydrogens (primary N) is 1. The largest absolute Gasteiger partial charge is 0.484 e. The summed E-state index contributed by atoms with van der Waals surface area (Å²) in [5.41, 5.74) is 6.26. The average molecular weight is 248 g/mol. The van der Waals surface area contributed by atoms with Gasteiger partial charge in [0, 0.05) is 17.8 Å². The van der Waals surface area contributed by atoms with Crippen LogP contribution in [0.3, 0.4) is 0 Å². The van der Waals surface area contributed by atoms with E-state index in [4.69, 9.17) is 10.5 Å². The molecule has 0 saturated heterocycles. The van der Waals surface area contributed by atoms with Crippen LogP contribution in [0.25, 0.3) is 0 Å². The molecule has 1 aliphatic carbocycles. The monoisotopic (exact) mass is 248 g/mol. The lowest BCUT2D eigenvalue weighted by atomic mass is 10.2. The molecule has 1 fully saturated rings. The van der Waals surface area contributed by atoms with Gasteiger partial charge in [-0.25, -0.2) is 0 Å². The standard InChI is InChI=1S/C14H20N2O2/c1-2-4-10-7-13(10)16-14(17)9-18-12-6-3-5-11(15)8-12/h3,5-6,8,10,13H,2,4,7,9,15H2,1H3,(H,16,17). The van der Waals surface area contributed by atoms with Crippen molar-refractivity contribution >= 4 is 11.6 Å². The van der Waals surface area contributed by atoms with Gasteiger partial charge in [0.15, 0.2) is 6.61 Å². The normalized spacial score (nSPS) is 21.4. The summed E-state index contributed by atoms with van der Waals surface area (Å²) in [4.78, 5) is 11.6. The van der Waals surface area contributed by atoms with Crippen LogP contribution in [-0.4, -0.2) is 18.6 Å². The van der Waals surface area contributed by atoms with Crippen molar-refractivity contribution in [2.24, 2.45) is 5.92 Å². The van der Waals surface area contributed by atoms with Gasteiger partial charge in [-0.2, -0.15) is 0 Å². The van der Waals surface area contributed by atoms with Gasteiger partial charge in [-0.3, -0.25) is 4.79 Å². The van der Waals surface area contributed by atoms with Gasteiger partial charge in [0.05, 0.1) is 0 Å². The van der Waals surface area contributed by atoms with E-state index in [0.29, 0.717) is 23.4 Å². The number of rotatable bonds is 6. The van der Waals surface area contributed by atoms with E-state index in [1.807, 2.05) is 0 Å². The first-order chi connectivity index (χ1) is 8.69. The molecular formula is C14H20N2O2. The molecule has 0 spiro atoms. The second kappa shape index (κ2) is 5.76. The fourth-order valence-corrected chi connectivity index (χ4v) is 2.12. The Morgan fingerprint density at radius 3 is 3.11 bits per heavy atom. The first-order valence-electron chi connectivity index (χ1n) is 6.46. The number of nitrogen functional groups attached to an aromatic ring is 1. The molecule has 18 heavy (non-hydrogen) atoms. The van der Waals surface area contributed by atoms with Gasteiger partial charge < -0.3 is 15.8 Å². The molecule has 3 N–H and O–H groups in total. The average Bonchev–Trinajstić information content (AvgIpc) is 3.05. The Morgan fingerprint density at radius 1 is 1.56 bits per heavy atom. The molecule has 2 rings (SSSR count). The maximum absolute atomic E-state index is 11.6. The molecule has 4 nitrogen and oxygen atoms in total. The predicted molar refractivity (Wildman–Crippen MR) is 71.3 cm³/mol. The maximum atomic E-state index is 11.6. The zero-order valence-corrected chi connectivity index (χ0v) is 10.7. The van der Waals surface area contributed by atoms with E-state index in [1.54, 1.807) is 24.3 Å². The number of ether oxygens (including phenoxy) is 1. The number of anilines is 1. The van der Waals surface area contributed by atoms with E-state index >= 15 is 0 Å². The number of nitrogens with one attached hydrogen (secondary N) is 1. The molecule has 1 amide bonds. The molecule has 1 saturated carbocycles. The summed E-state index contributed by atoms with van der Waals surface area (Å²) < 4.78 is 5.38. The molecule has 2 unspecified atom stereocenters. The number of carbonyl (C=O) groups excluding carboxylic acids is 1. The van der Waals surface area contributed by atoms with Gasteiger partial charge in [0.25, 0.3) is 5.91 Å². The molecule has 0 bridgehead atoms.